The fourth-order valence-corrected chi connectivity index (χ4v) is 10.2. The first-order valence-corrected chi connectivity index (χ1v) is 17.7. The molecule has 0 aliphatic carbocycles. The van der Waals surface area contributed by atoms with Crippen LogP contribution in [-0.2, 0) is 0 Å². The van der Waals surface area contributed by atoms with Crippen LogP contribution in [0, 0.1) is 0 Å². The van der Waals surface area contributed by atoms with Gasteiger partial charge in [-0.25, -0.2) is 4.98 Å². The Bertz CT molecular complexity index is 4910. The van der Waals surface area contributed by atoms with E-state index in [0.717, 1.165) is 8.97 Å². The lowest BCUT2D eigenvalue weighted by atomic mass is 10.1. The summed E-state index contributed by atoms with van der Waals surface area (Å²) in [4.78, 5) is 4.43. The maximum Gasteiger partial charge on any atom is 0.220 e. The molecular weight excluding hydrogens is 673 g/mol. The molecule has 0 saturated carbocycles. The van der Waals surface area contributed by atoms with Crippen LogP contribution in [0.4, 0.5) is 0 Å². The third-order valence-electron chi connectivity index (χ3n) is 8.78. The molecule has 0 saturated heterocycles. The molecule has 0 fully saturated rings. The SMILES string of the molecule is [2H]c1c([2H])c([2H])c([Si](c2c([2H])c([2H])c([2H])c([2H])c2[2H])(c2c([2H])c([2H])c([2H])c([2H])c2[2H])c2c([2H])c([2H])c([2H])c(-n3c4c([2H])c([2H])c([2H])c([2H])c4c4c([2H])c(-n5c6c([2H])c([2H])c([2H])c([2H])c6n6c7c([2H])c([2H])c([2H])c([2H])c7nc56)c([2H])c([2H])c43)c2[2H])c([2H])c1[2H]. The Balaban J connectivity index is 1.45. The second kappa shape index (κ2) is 12.1. The summed E-state index contributed by atoms with van der Waals surface area (Å²) in [6.07, 6.45) is 0. The van der Waals surface area contributed by atoms with Gasteiger partial charge >= 0.3 is 0 Å². The van der Waals surface area contributed by atoms with Crippen molar-refractivity contribution >= 4 is 78.5 Å². The van der Waals surface area contributed by atoms with Crippen molar-refractivity contribution < 1.29 is 46.6 Å². The number of para-hydroxylation sites is 5. The van der Waals surface area contributed by atoms with Crippen molar-refractivity contribution in [1.29, 1.82) is 0 Å². The maximum absolute atomic E-state index is 10.5. The van der Waals surface area contributed by atoms with Crippen LogP contribution in [0.25, 0.3) is 61.0 Å². The Morgan fingerprint density at radius 3 is 1.57 bits per heavy atom. The van der Waals surface area contributed by atoms with Crippen LogP contribution in [0.15, 0.2) is 205 Å². The van der Waals surface area contributed by atoms with Crippen molar-refractivity contribution in [3.05, 3.63) is 205 Å². The number of nitrogens with zero attached hydrogens (tertiary/aromatic N) is 4. The zero-order valence-corrected chi connectivity index (χ0v) is 27.8. The molecule has 0 radical (unpaired) electrons. The third-order valence-corrected chi connectivity index (χ3v) is 12.8. The molecule has 0 unspecified atom stereocenters. The first-order chi connectivity index (χ1) is 40.9. The number of hydrogen-bond acceptors (Lipinski definition) is 1. The summed E-state index contributed by atoms with van der Waals surface area (Å²) in [7, 11) is -6.56. The number of hydrogen-bond donors (Lipinski definition) is 0. The lowest BCUT2D eigenvalue weighted by Gasteiger charge is -2.34. The highest BCUT2D eigenvalue weighted by atomic mass is 28.3. The molecule has 8 aromatic carbocycles. The monoisotopic (exact) mass is 740 g/mol. The lowest BCUT2D eigenvalue weighted by Crippen LogP contribution is -2.74. The summed E-state index contributed by atoms with van der Waals surface area (Å²) < 4.78 is 315. The Kier molecular flexibility index (Phi) is 2.69. The van der Waals surface area contributed by atoms with Crippen LogP contribution in [0.5, 0.6) is 0 Å². The Morgan fingerprint density at radius 2 is 0.889 bits per heavy atom. The number of fused-ring (bicyclic) bond motifs is 8. The summed E-state index contributed by atoms with van der Waals surface area (Å²) in [5.74, 6) is -0.610. The van der Waals surface area contributed by atoms with Gasteiger partial charge in [-0.3, -0.25) is 8.97 Å². The molecule has 3 heterocycles. The summed E-state index contributed by atoms with van der Waals surface area (Å²) in [5.41, 5.74) is -5.98. The zero-order valence-electron chi connectivity index (χ0n) is 60.8. The van der Waals surface area contributed by atoms with Gasteiger partial charge in [-0.2, -0.15) is 0 Å². The van der Waals surface area contributed by atoms with Crippen LogP contribution < -0.4 is 20.7 Å². The Labute approximate surface area is 361 Å². The average Bonchev–Trinajstić information content (AvgIpc) is 0.933. The van der Waals surface area contributed by atoms with E-state index in [2.05, 4.69) is 4.98 Å². The van der Waals surface area contributed by atoms with Crippen molar-refractivity contribution in [2.45, 2.75) is 0 Å². The predicted octanol–water partition coefficient (Wildman–Crippen LogP) is 8.91. The van der Waals surface area contributed by atoms with Crippen LogP contribution in [0.1, 0.15) is 46.6 Å². The Hall–Kier alpha value is -6.95. The molecule has 0 amide bonds. The van der Waals surface area contributed by atoms with Gasteiger partial charge in [0.05, 0.1) is 79.7 Å². The van der Waals surface area contributed by atoms with Crippen LogP contribution in [0.2, 0.25) is 0 Å². The fourth-order valence-electron chi connectivity index (χ4n) is 6.62. The van der Waals surface area contributed by atoms with E-state index < -0.39 is 295 Å². The maximum atomic E-state index is 10.5. The molecule has 0 aliphatic heterocycles. The molecular formula is C49H34N4Si. The molecule has 0 spiro atoms. The molecule has 5 heteroatoms. The van der Waals surface area contributed by atoms with Gasteiger partial charge in [-0.15, -0.1) is 0 Å². The Morgan fingerprint density at radius 1 is 0.370 bits per heavy atom. The van der Waals surface area contributed by atoms with Gasteiger partial charge in [-0.1, -0.05) is 145 Å². The van der Waals surface area contributed by atoms with E-state index in [1.807, 2.05) is 0 Å². The number of imidazole rings is 2. The molecule has 0 N–H and O–H groups in total. The zero-order chi connectivity index (χ0) is 65.2. The van der Waals surface area contributed by atoms with Gasteiger partial charge < -0.3 is 4.57 Å². The normalized spacial score (nSPS) is 20.9. The van der Waals surface area contributed by atoms with Crippen LogP contribution >= 0.6 is 0 Å². The highest BCUT2D eigenvalue weighted by Crippen LogP contribution is 2.35. The number of rotatable bonds is 6. The predicted molar refractivity (Wildman–Crippen MR) is 227 cm³/mol. The highest BCUT2D eigenvalue weighted by molar-refractivity contribution is 7.19. The highest BCUT2D eigenvalue weighted by Gasteiger charge is 2.41. The van der Waals surface area contributed by atoms with Gasteiger partial charge in [0.25, 0.3) is 0 Å². The first kappa shape index (κ1) is 12.0. The minimum Gasteiger partial charge on any atom is -0.309 e. The first-order valence-electron chi connectivity index (χ1n) is 32.7. The molecule has 11 aromatic rings. The lowest BCUT2D eigenvalue weighted by molar-refractivity contribution is 1.11. The van der Waals surface area contributed by atoms with Crippen molar-refractivity contribution in [3.63, 3.8) is 0 Å². The second-order valence-electron chi connectivity index (χ2n) is 11.5. The molecule has 54 heavy (non-hydrogen) atoms. The van der Waals surface area contributed by atoms with E-state index in [1.165, 1.54) is 0 Å². The average molecular weight is 741 g/mol. The quantitative estimate of drug-likeness (QED) is 0.124. The van der Waals surface area contributed by atoms with Gasteiger partial charge in [0.15, 0.2) is 8.07 Å². The van der Waals surface area contributed by atoms with Crippen molar-refractivity contribution in [2.24, 2.45) is 0 Å². The minimum absolute atomic E-state index is 0.452. The molecule has 4 nitrogen and oxygen atoms in total. The van der Waals surface area contributed by atoms with Crippen LogP contribution in [-0.4, -0.2) is 26.6 Å². The van der Waals surface area contributed by atoms with Gasteiger partial charge in [0.2, 0.25) is 5.78 Å². The van der Waals surface area contributed by atoms with E-state index >= 15 is 0 Å². The van der Waals surface area contributed by atoms with Crippen molar-refractivity contribution in [3.8, 4) is 11.4 Å². The molecule has 11 rings (SSSR count). The summed E-state index contributed by atoms with van der Waals surface area (Å²) in [6, 6.07) is -38.8. The topological polar surface area (TPSA) is 27.2 Å². The van der Waals surface area contributed by atoms with Crippen LogP contribution in [0.3, 0.4) is 0 Å². The summed E-state index contributed by atoms with van der Waals surface area (Å²) in [6.45, 7) is 0. The molecule has 0 bridgehead atoms. The van der Waals surface area contributed by atoms with E-state index in [0.29, 0.717) is 4.57 Å². The van der Waals surface area contributed by atoms with E-state index in [9.17, 15) is 21.9 Å². The summed E-state index contributed by atoms with van der Waals surface area (Å²) >= 11 is 0. The smallest absolute Gasteiger partial charge is 0.220 e. The largest absolute Gasteiger partial charge is 0.309 e. The minimum atomic E-state index is -6.56. The van der Waals surface area contributed by atoms with Gasteiger partial charge in [0.1, 0.15) is 0 Å². The fraction of sp³-hybridized carbons (Fsp3) is 0. The van der Waals surface area contributed by atoms with E-state index in [4.69, 9.17) is 24.7 Å². The molecule has 254 valence electrons. The van der Waals surface area contributed by atoms with Crippen molar-refractivity contribution in [1.82, 2.24) is 18.5 Å². The molecule has 3 aromatic heterocycles. The summed E-state index contributed by atoms with van der Waals surface area (Å²) in [5, 5.41) is -6.55. The molecule has 0 aliphatic rings. The van der Waals surface area contributed by atoms with Gasteiger partial charge in [-0.05, 0) is 81.2 Å². The van der Waals surface area contributed by atoms with Crippen molar-refractivity contribution in [2.75, 3.05) is 0 Å². The number of benzene rings is 8. The third kappa shape index (κ3) is 4.39. The standard InChI is InChI=1S/C49H34N4Si/c1-4-18-37(19-5-1)54(38-20-6-2-7-21-38,39-22-8-3-9-23-39)40-24-16-17-35(33-40)51-44-27-12-10-25-41(44)42-34-36(31-32-45(42)51)52-47-29-14-15-30-48(47)53-46-28-13-11-26-43(46)50-49(52)53/h1-34H/i1D,2D,3D,4D,5D,6D,7D,8D,9D,10D,11D,12D,13D,14D,15D,16D,17D,18D,19D,20D,21D,22D,23D,24D,25D,26D,27D,28D,29D,30D,31D,32D,33D,34D. The van der Waals surface area contributed by atoms with Gasteiger partial charge in [0, 0.05) is 22.1 Å². The van der Waals surface area contributed by atoms with E-state index in [-0.39, 0.29) is 0 Å². The molecule has 0 atom stereocenters. The van der Waals surface area contributed by atoms with E-state index in [1.54, 1.807) is 0 Å². The number of aromatic nitrogens is 4. The second-order valence-corrected chi connectivity index (χ2v) is 15.0.